The molecule has 8 heteroatoms. The minimum Gasteiger partial charge on any atom is -0.441 e. The highest BCUT2D eigenvalue weighted by molar-refractivity contribution is 9.09. The molecule has 0 aromatic heterocycles. The van der Waals surface area contributed by atoms with Gasteiger partial charge in [-0.05, 0) is 12.5 Å². The zero-order valence-corrected chi connectivity index (χ0v) is 13.3. The molecule has 0 aromatic carbocycles. The molecule has 0 bridgehead atoms. The average molecular weight is 354 g/mol. The van der Waals surface area contributed by atoms with Crippen molar-refractivity contribution in [3.8, 4) is 0 Å². The molecule has 1 aliphatic rings. The molecule has 3 N–H and O–H groups in total. The van der Waals surface area contributed by atoms with Gasteiger partial charge in [-0.2, -0.15) is 0 Å². The molecule has 0 unspecified atom stereocenters. The quantitative estimate of drug-likeness (QED) is 0.491. The van der Waals surface area contributed by atoms with E-state index >= 15 is 0 Å². The van der Waals surface area contributed by atoms with Crippen LogP contribution < -0.4 is 5.32 Å². The van der Waals surface area contributed by atoms with Crippen molar-refractivity contribution in [2.45, 2.75) is 30.5 Å². The monoisotopic (exact) mass is 353 g/mol. The second kappa shape index (κ2) is 6.40. The maximum absolute atomic E-state index is 11.3. The van der Waals surface area contributed by atoms with Crippen LogP contribution in [-0.2, 0) is 14.2 Å². The molecule has 7 nitrogen and oxygen atoms in total. The van der Waals surface area contributed by atoms with Gasteiger partial charge in [-0.3, -0.25) is 0 Å². The number of amides is 1. The van der Waals surface area contributed by atoms with Crippen LogP contribution in [0.3, 0.4) is 0 Å². The van der Waals surface area contributed by atoms with E-state index in [9.17, 15) is 15.0 Å². The van der Waals surface area contributed by atoms with Crippen LogP contribution >= 0.6 is 15.9 Å². The summed E-state index contributed by atoms with van der Waals surface area (Å²) in [7, 11) is 2.76. The molecule has 0 aliphatic carbocycles. The number of ether oxygens (including phenoxy) is 3. The van der Waals surface area contributed by atoms with Gasteiger partial charge in [0.05, 0.1) is 11.9 Å². The van der Waals surface area contributed by atoms with Gasteiger partial charge in [-0.25, -0.2) is 4.79 Å². The fraction of sp³-hybridized carbons (Fsp3) is 0.750. The maximum Gasteiger partial charge on any atom is 0.407 e. The van der Waals surface area contributed by atoms with Gasteiger partial charge in [0.2, 0.25) is 5.79 Å². The van der Waals surface area contributed by atoms with Crippen molar-refractivity contribution in [3.05, 3.63) is 12.2 Å². The molecule has 0 saturated carbocycles. The first-order chi connectivity index (χ1) is 9.26. The van der Waals surface area contributed by atoms with Gasteiger partial charge >= 0.3 is 6.09 Å². The molecular weight excluding hydrogens is 334 g/mol. The van der Waals surface area contributed by atoms with E-state index in [1.165, 1.54) is 21.1 Å². The number of nitrogens with one attached hydrogen (secondary N) is 1. The Morgan fingerprint density at radius 3 is 2.60 bits per heavy atom. The Morgan fingerprint density at radius 1 is 1.60 bits per heavy atom. The zero-order valence-electron chi connectivity index (χ0n) is 11.7. The summed E-state index contributed by atoms with van der Waals surface area (Å²) >= 11 is 3.10. The first kappa shape index (κ1) is 17.4. The van der Waals surface area contributed by atoms with Crippen LogP contribution in [0.4, 0.5) is 4.79 Å². The van der Waals surface area contributed by atoms with E-state index in [0.717, 1.165) is 0 Å². The number of alkyl halides is 1. The summed E-state index contributed by atoms with van der Waals surface area (Å²) in [5.41, 5.74) is -1.70. The van der Waals surface area contributed by atoms with E-state index in [0.29, 0.717) is 0 Å². The van der Waals surface area contributed by atoms with Crippen molar-refractivity contribution in [3.63, 3.8) is 0 Å². The Balaban J connectivity index is 3.15. The third-order valence-corrected chi connectivity index (χ3v) is 4.14. The van der Waals surface area contributed by atoms with Gasteiger partial charge in [0, 0.05) is 14.2 Å². The van der Waals surface area contributed by atoms with Gasteiger partial charge in [-0.15, -0.1) is 0 Å². The van der Waals surface area contributed by atoms with Crippen LogP contribution in [0.1, 0.15) is 6.92 Å². The van der Waals surface area contributed by atoms with Crippen LogP contribution in [0, 0.1) is 0 Å². The molecule has 0 radical (unpaired) electrons. The lowest BCUT2D eigenvalue weighted by Crippen LogP contribution is -2.72. The van der Waals surface area contributed by atoms with E-state index in [1.807, 2.05) is 0 Å². The maximum atomic E-state index is 11.3. The number of aliphatic hydroxyl groups is 2. The number of rotatable bonds is 4. The number of carbonyl (C=O) groups excluding carboxylic acids is 1. The second-order valence-corrected chi connectivity index (χ2v) is 5.19. The number of halogens is 1. The molecule has 1 amide bonds. The van der Waals surface area contributed by atoms with Crippen molar-refractivity contribution >= 4 is 22.0 Å². The topological polar surface area (TPSA) is 97.2 Å². The molecule has 1 saturated heterocycles. The van der Waals surface area contributed by atoms with Crippen LogP contribution in [0.5, 0.6) is 0 Å². The molecular formula is C12H20BrNO6. The normalized spacial score (nSPS) is 37.3. The van der Waals surface area contributed by atoms with Crippen molar-refractivity contribution in [1.82, 2.24) is 5.32 Å². The summed E-state index contributed by atoms with van der Waals surface area (Å²) in [4.78, 5) is 11.3. The van der Waals surface area contributed by atoms with Crippen LogP contribution in [-0.4, -0.2) is 66.0 Å². The standard InChI is InChI=1S/C12H20BrNO6/c1-7(2)12(17)9(18-4)8(20-10(15)14-3)5-19-11(12,16)6-13/h8-9,16-17H,1,5-6H2,2-4H3,(H,14,15)/t8-,9-,11-,12-/m1/s1. The Bertz CT molecular complexity index is 392. The van der Waals surface area contributed by atoms with Crippen molar-refractivity contribution in [2.75, 3.05) is 26.1 Å². The summed E-state index contributed by atoms with van der Waals surface area (Å²) < 4.78 is 15.6. The predicted octanol–water partition coefficient (Wildman–Crippen LogP) is 0.147. The first-order valence-electron chi connectivity index (χ1n) is 5.98. The van der Waals surface area contributed by atoms with Crippen molar-refractivity contribution in [1.29, 1.82) is 0 Å². The molecule has 4 atom stereocenters. The summed E-state index contributed by atoms with van der Waals surface area (Å²) in [6, 6.07) is 0. The third kappa shape index (κ3) is 2.71. The summed E-state index contributed by atoms with van der Waals surface area (Å²) in [5, 5.41) is 23.5. The molecule has 1 fully saturated rings. The average Bonchev–Trinajstić information content (AvgIpc) is 2.42. The van der Waals surface area contributed by atoms with Crippen LogP contribution in [0.25, 0.3) is 0 Å². The van der Waals surface area contributed by atoms with Crippen LogP contribution in [0.15, 0.2) is 12.2 Å². The Kier molecular flexibility index (Phi) is 5.56. The Hall–Kier alpha value is -0.670. The fourth-order valence-electron chi connectivity index (χ4n) is 2.24. The van der Waals surface area contributed by atoms with E-state index < -0.39 is 29.7 Å². The van der Waals surface area contributed by atoms with E-state index in [-0.39, 0.29) is 17.5 Å². The summed E-state index contributed by atoms with van der Waals surface area (Å²) in [6.45, 7) is 5.09. The van der Waals surface area contributed by atoms with Crippen molar-refractivity contribution in [2.24, 2.45) is 0 Å². The smallest absolute Gasteiger partial charge is 0.407 e. The summed E-state index contributed by atoms with van der Waals surface area (Å²) in [5.74, 6) is -1.93. The highest BCUT2D eigenvalue weighted by Gasteiger charge is 2.62. The van der Waals surface area contributed by atoms with Gasteiger partial charge in [0.1, 0.15) is 6.10 Å². The number of alkyl carbamates (subject to hydrolysis) is 1. The lowest BCUT2D eigenvalue weighted by Gasteiger charge is -2.52. The Morgan fingerprint density at radius 2 is 2.20 bits per heavy atom. The van der Waals surface area contributed by atoms with Gasteiger partial charge in [0.15, 0.2) is 11.7 Å². The Labute approximate surface area is 126 Å². The minimum atomic E-state index is -1.93. The van der Waals surface area contributed by atoms with Gasteiger partial charge < -0.3 is 29.7 Å². The molecule has 20 heavy (non-hydrogen) atoms. The highest BCUT2D eigenvalue weighted by atomic mass is 79.9. The molecule has 1 rings (SSSR count). The molecule has 0 aromatic rings. The summed E-state index contributed by atoms with van der Waals surface area (Å²) in [6.07, 6.45) is -2.59. The van der Waals surface area contributed by atoms with Gasteiger partial charge in [-0.1, -0.05) is 22.5 Å². The molecule has 0 spiro atoms. The number of methoxy groups -OCH3 is 1. The number of carbonyl (C=O) groups is 1. The zero-order chi connectivity index (χ0) is 15.6. The molecule has 1 aliphatic heterocycles. The lowest BCUT2D eigenvalue weighted by atomic mass is 9.78. The first-order valence-corrected chi connectivity index (χ1v) is 7.10. The molecule has 1 heterocycles. The van der Waals surface area contributed by atoms with Crippen LogP contribution in [0.2, 0.25) is 0 Å². The SMILES string of the molecule is C=C(C)[C@@]1(O)[C@H](OC)[C@H](OC(=O)NC)CO[C@]1(O)CBr. The number of hydrogen-bond acceptors (Lipinski definition) is 6. The van der Waals surface area contributed by atoms with Gasteiger partial charge in [0.25, 0.3) is 0 Å². The second-order valence-electron chi connectivity index (χ2n) is 4.63. The highest BCUT2D eigenvalue weighted by Crippen LogP contribution is 2.41. The van der Waals surface area contributed by atoms with E-state index in [1.54, 1.807) is 0 Å². The minimum absolute atomic E-state index is 0.0596. The van der Waals surface area contributed by atoms with Crippen molar-refractivity contribution < 1.29 is 29.2 Å². The van der Waals surface area contributed by atoms with E-state index in [4.69, 9.17) is 14.2 Å². The lowest BCUT2D eigenvalue weighted by molar-refractivity contribution is -0.344. The largest absolute Gasteiger partial charge is 0.441 e. The number of hydrogen-bond donors (Lipinski definition) is 3. The fourth-order valence-corrected chi connectivity index (χ4v) is 2.83. The third-order valence-electron chi connectivity index (χ3n) is 3.38. The predicted molar refractivity (Wildman–Crippen MR) is 74.6 cm³/mol. The van der Waals surface area contributed by atoms with E-state index in [2.05, 4.69) is 27.8 Å². The molecule has 116 valence electrons.